The Hall–Kier alpha value is -1.79. The Morgan fingerprint density at radius 1 is 1.50 bits per heavy atom. The summed E-state index contributed by atoms with van der Waals surface area (Å²) < 4.78 is 5.07. The number of aromatic hydroxyl groups is 1. The molecule has 1 aromatic rings. The van der Waals surface area contributed by atoms with Crippen LogP contribution in [0, 0.1) is 0 Å². The molecule has 1 aliphatic heterocycles. The Bertz CT molecular complexity index is 471. The fraction of sp³-hybridized carbons (Fsp3) is 0.500. The van der Waals surface area contributed by atoms with Gasteiger partial charge in [0.15, 0.2) is 0 Å². The van der Waals surface area contributed by atoms with Gasteiger partial charge >= 0.3 is 0 Å². The van der Waals surface area contributed by atoms with Crippen molar-refractivity contribution in [1.29, 1.82) is 0 Å². The molecule has 2 rings (SSSR count). The predicted octanol–water partition coefficient (Wildman–Crippen LogP) is 0.762. The van der Waals surface area contributed by atoms with Crippen LogP contribution in [0.3, 0.4) is 0 Å². The number of piperidine rings is 1. The van der Waals surface area contributed by atoms with Crippen molar-refractivity contribution >= 4 is 11.6 Å². The van der Waals surface area contributed by atoms with Crippen LogP contribution in [0.2, 0.25) is 0 Å². The number of nitrogens with zero attached hydrogens (tertiary/aromatic N) is 1. The summed E-state index contributed by atoms with van der Waals surface area (Å²) in [4.78, 5) is 14.0. The Kier molecular flexibility index (Phi) is 4.81. The zero-order chi connectivity index (χ0) is 14.5. The first-order valence-electron chi connectivity index (χ1n) is 6.73. The molecule has 0 spiro atoms. The first-order valence-corrected chi connectivity index (χ1v) is 6.73. The van der Waals surface area contributed by atoms with Gasteiger partial charge in [-0.25, -0.2) is 0 Å². The van der Waals surface area contributed by atoms with Crippen LogP contribution >= 0.6 is 0 Å². The lowest BCUT2D eigenvalue weighted by molar-refractivity contribution is -0.117. The van der Waals surface area contributed by atoms with Crippen molar-refractivity contribution in [3.8, 4) is 11.5 Å². The summed E-state index contributed by atoms with van der Waals surface area (Å²) in [6, 6.07) is 4.97. The molecule has 0 radical (unpaired) electrons. The summed E-state index contributed by atoms with van der Waals surface area (Å²) in [6.45, 7) is 1.97. The Morgan fingerprint density at radius 3 is 2.85 bits per heavy atom. The molecule has 0 aromatic heterocycles. The minimum Gasteiger partial charge on any atom is -0.506 e. The van der Waals surface area contributed by atoms with Crippen LogP contribution in [0.25, 0.3) is 0 Å². The molecule has 6 nitrogen and oxygen atoms in total. The zero-order valence-electron chi connectivity index (χ0n) is 11.6. The number of nitrogens with two attached hydrogens (primary N) is 1. The van der Waals surface area contributed by atoms with Gasteiger partial charge < -0.3 is 20.9 Å². The highest BCUT2D eigenvalue weighted by molar-refractivity contribution is 5.93. The summed E-state index contributed by atoms with van der Waals surface area (Å²) in [5.41, 5.74) is 6.19. The lowest BCUT2D eigenvalue weighted by Gasteiger charge is -2.29. The van der Waals surface area contributed by atoms with Crippen molar-refractivity contribution in [3.63, 3.8) is 0 Å². The molecule has 110 valence electrons. The fourth-order valence-electron chi connectivity index (χ4n) is 2.25. The molecule has 1 aromatic carbocycles. The third-order valence-electron chi connectivity index (χ3n) is 3.48. The zero-order valence-corrected chi connectivity index (χ0v) is 11.6. The number of amides is 1. The van der Waals surface area contributed by atoms with Gasteiger partial charge in [-0.3, -0.25) is 9.69 Å². The number of phenols is 1. The molecule has 1 aliphatic rings. The SMILES string of the molecule is COc1ccc(O)c(NC(=O)CN2CCC(N)CC2)c1. The molecule has 1 saturated heterocycles. The quantitative estimate of drug-likeness (QED) is 0.708. The predicted molar refractivity (Wildman–Crippen MR) is 76.9 cm³/mol. The van der Waals surface area contributed by atoms with E-state index in [1.54, 1.807) is 12.1 Å². The number of ether oxygens (including phenoxy) is 1. The smallest absolute Gasteiger partial charge is 0.238 e. The Morgan fingerprint density at radius 2 is 2.20 bits per heavy atom. The van der Waals surface area contributed by atoms with Crippen molar-refractivity contribution in [2.45, 2.75) is 18.9 Å². The van der Waals surface area contributed by atoms with Crippen LogP contribution in [0.4, 0.5) is 5.69 Å². The fourth-order valence-corrected chi connectivity index (χ4v) is 2.25. The van der Waals surface area contributed by atoms with Gasteiger partial charge in [-0.15, -0.1) is 0 Å². The van der Waals surface area contributed by atoms with Gasteiger partial charge in [0.25, 0.3) is 0 Å². The van der Waals surface area contributed by atoms with Crippen LogP contribution in [0.5, 0.6) is 11.5 Å². The molecular formula is C14H21N3O3. The summed E-state index contributed by atoms with van der Waals surface area (Å²) in [7, 11) is 1.54. The van der Waals surface area contributed by atoms with Crippen LogP contribution in [-0.4, -0.2) is 48.7 Å². The van der Waals surface area contributed by atoms with Gasteiger partial charge in [0.1, 0.15) is 11.5 Å². The van der Waals surface area contributed by atoms with E-state index in [1.807, 2.05) is 0 Å². The molecule has 0 unspecified atom stereocenters. The number of hydrogen-bond donors (Lipinski definition) is 3. The molecule has 1 amide bonds. The minimum atomic E-state index is -0.149. The van der Waals surface area contributed by atoms with Crippen molar-refractivity contribution < 1.29 is 14.6 Å². The van der Waals surface area contributed by atoms with E-state index in [1.165, 1.54) is 13.2 Å². The number of rotatable bonds is 4. The van der Waals surface area contributed by atoms with E-state index in [2.05, 4.69) is 10.2 Å². The van der Waals surface area contributed by atoms with E-state index >= 15 is 0 Å². The van der Waals surface area contributed by atoms with Crippen LogP contribution < -0.4 is 15.8 Å². The molecule has 0 aliphatic carbocycles. The van der Waals surface area contributed by atoms with E-state index in [0.29, 0.717) is 18.0 Å². The highest BCUT2D eigenvalue weighted by Gasteiger charge is 2.18. The molecule has 4 N–H and O–H groups in total. The highest BCUT2D eigenvalue weighted by atomic mass is 16.5. The molecule has 0 saturated carbocycles. The van der Waals surface area contributed by atoms with Gasteiger partial charge in [-0.05, 0) is 25.0 Å². The van der Waals surface area contributed by atoms with E-state index in [9.17, 15) is 9.90 Å². The minimum absolute atomic E-state index is 0.0276. The number of benzene rings is 1. The van der Waals surface area contributed by atoms with Crippen LogP contribution in [0.15, 0.2) is 18.2 Å². The van der Waals surface area contributed by atoms with Gasteiger partial charge in [-0.1, -0.05) is 0 Å². The van der Waals surface area contributed by atoms with Gasteiger partial charge in [-0.2, -0.15) is 0 Å². The molecular weight excluding hydrogens is 258 g/mol. The maximum Gasteiger partial charge on any atom is 0.238 e. The topological polar surface area (TPSA) is 87.8 Å². The maximum atomic E-state index is 12.0. The number of nitrogens with one attached hydrogen (secondary N) is 1. The molecule has 1 heterocycles. The third-order valence-corrected chi connectivity index (χ3v) is 3.48. The average Bonchev–Trinajstić information content (AvgIpc) is 2.44. The van der Waals surface area contributed by atoms with Crippen molar-refractivity contribution in [2.24, 2.45) is 5.73 Å². The second-order valence-corrected chi connectivity index (χ2v) is 5.04. The van der Waals surface area contributed by atoms with Gasteiger partial charge in [0, 0.05) is 25.2 Å². The largest absolute Gasteiger partial charge is 0.506 e. The van der Waals surface area contributed by atoms with E-state index < -0.39 is 0 Å². The lowest BCUT2D eigenvalue weighted by atomic mass is 10.1. The number of carbonyl (C=O) groups excluding carboxylic acids is 1. The molecule has 1 fully saturated rings. The van der Waals surface area contributed by atoms with Crippen LogP contribution in [-0.2, 0) is 4.79 Å². The van der Waals surface area contributed by atoms with E-state index in [4.69, 9.17) is 10.5 Å². The van der Waals surface area contributed by atoms with Crippen LogP contribution in [0.1, 0.15) is 12.8 Å². The number of phenolic OH excluding ortho intramolecular Hbond substituents is 1. The molecule has 20 heavy (non-hydrogen) atoms. The maximum absolute atomic E-state index is 12.0. The van der Waals surface area contributed by atoms with Crippen molar-refractivity contribution in [1.82, 2.24) is 4.90 Å². The summed E-state index contributed by atoms with van der Waals surface area (Å²) >= 11 is 0. The van der Waals surface area contributed by atoms with Gasteiger partial charge in [0.2, 0.25) is 5.91 Å². The summed E-state index contributed by atoms with van der Waals surface area (Å²) in [5, 5.41) is 12.4. The standard InChI is InChI=1S/C14H21N3O3/c1-20-11-2-3-13(18)12(8-11)16-14(19)9-17-6-4-10(15)5-7-17/h2-3,8,10,18H,4-7,9,15H2,1H3,(H,16,19). The van der Waals surface area contributed by atoms with Crippen molar-refractivity contribution in [3.05, 3.63) is 18.2 Å². The lowest BCUT2D eigenvalue weighted by Crippen LogP contribution is -2.43. The monoisotopic (exact) mass is 279 g/mol. The number of carbonyl (C=O) groups is 1. The number of methoxy groups -OCH3 is 1. The molecule has 0 bridgehead atoms. The van der Waals surface area contributed by atoms with E-state index in [0.717, 1.165) is 25.9 Å². The van der Waals surface area contributed by atoms with Crippen molar-refractivity contribution in [2.75, 3.05) is 32.1 Å². The molecule has 6 heteroatoms. The van der Waals surface area contributed by atoms with Gasteiger partial charge in [0.05, 0.1) is 19.3 Å². The van der Waals surface area contributed by atoms with E-state index in [-0.39, 0.29) is 17.7 Å². The molecule has 0 atom stereocenters. The first-order chi connectivity index (χ1) is 9.58. The highest BCUT2D eigenvalue weighted by Crippen LogP contribution is 2.27. The first kappa shape index (κ1) is 14.6. The number of anilines is 1. The Labute approximate surface area is 118 Å². The third kappa shape index (κ3) is 3.85. The number of likely N-dealkylation sites (tertiary alicyclic amines) is 1. The summed E-state index contributed by atoms with van der Waals surface area (Å²) in [6.07, 6.45) is 1.83. The second-order valence-electron chi connectivity index (χ2n) is 5.04. The number of hydrogen-bond acceptors (Lipinski definition) is 5. The second kappa shape index (κ2) is 6.58. The average molecular weight is 279 g/mol. The normalized spacial score (nSPS) is 16.9. The summed E-state index contributed by atoms with van der Waals surface area (Å²) in [5.74, 6) is 0.464. The Balaban J connectivity index is 1.91.